The Bertz CT molecular complexity index is 1180. The predicted molar refractivity (Wildman–Crippen MR) is 125 cm³/mol. The molecular formula is C22H21ClN4O4S. The van der Waals surface area contributed by atoms with E-state index < -0.39 is 22.0 Å². The molecule has 0 fully saturated rings. The summed E-state index contributed by atoms with van der Waals surface area (Å²) in [4.78, 5) is 24.4. The van der Waals surface area contributed by atoms with E-state index in [1.807, 2.05) is 18.2 Å². The number of likely N-dealkylation sites (N-methyl/N-ethyl adjacent to an activating group) is 1. The largest absolute Gasteiger partial charge is 0.325 e. The topological polar surface area (TPSA) is 108 Å². The Hall–Kier alpha value is -3.40. The van der Waals surface area contributed by atoms with E-state index in [1.54, 1.807) is 36.4 Å². The third kappa shape index (κ3) is 6.30. The van der Waals surface area contributed by atoms with Crippen molar-refractivity contribution in [2.75, 3.05) is 29.5 Å². The zero-order chi connectivity index (χ0) is 23.1. The predicted octanol–water partition coefficient (Wildman–Crippen LogP) is 4.24. The minimum absolute atomic E-state index is 0.0430. The van der Waals surface area contributed by atoms with Crippen molar-refractivity contribution in [1.82, 2.24) is 4.31 Å². The number of benzene rings is 3. The van der Waals surface area contributed by atoms with E-state index in [2.05, 4.69) is 16.0 Å². The van der Waals surface area contributed by atoms with Crippen LogP contribution in [-0.2, 0) is 14.8 Å². The highest BCUT2D eigenvalue weighted by molar-refractivity contribution is 7.89. The van der Waals surface area contributed by atoms with Gasteiger partial charge in [-0.2, -0.15) is 4.31 Å². The van der Waals surface area contributed by atoms with Crippen LogP contribution in [0.3, 0.4) is 0 Å². The highest BCUT2D eigenvalue weighted by Crippen LogP contribution is 2.18. The molecule has 0 heterocycles. The van der Waals surface area contributed by atoms with E-state index >= 15 is 0 Å². The summed E-state index contributed by atoms with van der Waals surface area (Å²) in [6.07, 6.45) is 0. The van der Waals surface area contributed by atoms with Gasteiger partial charge in [-0.25, -0.2) is 13.2 Å². The van der Waals surface area contributed by atoms with Crippen LogP contribution in [0.1, 0.15) is 0 Å². The number of hydrogen-bond acceptors (Lipinski definition) is 4. The van der Waals surface area contributed by atoms with Crippen molar-refractivity contribution in [3.63, 3.8) is 0 Å². The summed E-state index contributed by atoms with van der Waals surface area (Å²) in [5.41, 5.74) is 1.65. The minimum Gasteiger partial charge on any atom is -0.325 e. The van der Waals surface area contributed by atoms with Gasteiger partial charge < -0.3 is 16.0 Å². The molecule has 0 aliphatic rings. The van der Waals surface area contributed by atoms with Crippen molar-refractivity contribution in [3.8, 4) is 0 Å². The van der Waals surface area contributed by atoms with E-state index in [0.29, 0.717) is 22.1 Å². The SMILES string of the molecule is CN(CC(=O)Nc1ccc(NC(=O)Nc2ccccc2)cc1)S(=O)(=O)c1ccc(Cl)cc1. The van der Waals surface area contributed by atoms with E-state index in [4.69, 9.17) is 11.6 Å². The van der Waals surface area contributed by atoms with Crippen LogP contribution >= 0.6 is 11.6 Å². The Morgan fingerprint density at radius 3 is 1.84 bits per heavy atom. The molecule has 0 aliphatic carbocycles. The lowest BCUT2D eigenvalue weighted by Gasteiger charge is -2.17. The van der Waals surface area contributed by atoms with E-state index in [-0.39, 0.29) is 11.4 Å². The number of anilines is 3. The molecule has 3 aromatic carbocycles. The van der Waals surface area contributed by atoms with Crippen molar-refractivity contribution in [2.24, 2.45) is 0 Å². The first-order valence-corrected chi connectivity index (χ1v) is 11.3. The lowest BCUT2D eigenvalue weighted by molar-refractivity contribution is -0.116. The lowest BCUT2D eigenvalue weighted by Crippen LogP contribution is -2.34. The molecule has 0 aromatic heterocycles. The summed E-state index contributed by atoms with van der Waals surface area (Å²) in [5, 5.41) is 8.43. The number of hydrogen-bond donors (Lipinski definition) is 3. The number of nitrogens with one attached hydrogen (secondary N) is 3. The van der Waals surface area contributed by atoms with Crippen LogP contribution in [-0.4, -0.2) is 38.3 Å². The average Bonchev–Trinajstić information content (AvgIpc) is 2.76. The molecule has 3 aromatic rings. The smallest absolute Gasteiger partial charge is 0.323 e. The second-order valence-corrected chi connectivity index (χ2v) is 9.27. The molecule has 8 nitrogen and oxygen atoms in total. The summed E-state index contributed by atoms with van der Waals surface area (Å²) in [6.45, 7) is -0.371. The molecule has 3 N–H and O–H groups in total. The van der Waals surface area contributed by atoms with E-state index in [0.717, 1.165) is 4.31 Å². The van der Waals surface area contributed by atoms with Crippen LogP contribution in [0, 0.1) is 0 Å². The number of sulfonamides is 1. The highest BCUT2D eigenvalue weighted by atomic mass is 35.5. The maximum absolute atomic E-state index is 12.6. The van der Waals surface area contributed by atoms with Crippen LogP contribution in [0.15, 0.2) is 83.8 Å². The molecule has 0 aliphatic heterocycles. The van der Waals surface area contributed by atoms with Crippen molar-refractivity contribution in [2.45, 2.75) is 4.90 Å². The number of carbonyl (C=O) groups excluding carboxylic acids is 2. The summed E-state index contributed by atoms with van der Waals surface area (Å²) < 4.78 is 26.1. The molecule has 0 radical (unpaired) electrons. The second kappa shape index (κ2) is 10.3. The molecule has 3 amide bonds. The molecule has 0 saturated carbocycles. The number of carbonyl (C=O) groups is 2. The summed E-state index contributed by atoms with van der Waals surface area (Å²) in [5.74, 6) is -0.507. The number of nitrogens with zero attached hydrogens (tertiary/aromatic N) is 1. The molecule has 0 saturated heterocycles. The molecule has 0 spiro atoms. The fourth-order valence-corrected chi connectivity index (χ4v) is 3.98. The monoisotopic (exact) mass is 472 g/mol. The Morgan fingerprint density at radius 1 is 0.781 bits per heavy atom. The van der Waals surface area contributed by atoms with E-state index in [9.17, 15) is 18.0 Å². The third-order valence-electron chi connectivity index (χ3n) is 4.35. The zero-order valence-corrected chi connectivity index (χ0v) is 18.7. The molecule has 0 bridgehead atoms. The summed E-state index contributed by atoms with van der Waals surface area (Å²) in [6, 6.07) is 20.7. The highest BCUT2D eigenvalue weighted by Gasteiger charge is 2.23. The second-order valence-electron chi connectivity index (χ2n) is 6.79. The Kier molecular flexibility index (Phi) is 7.47. The quantitative estimate of drug-likeness (QED) is 0.478. The van der Waals surface area contributed by atoms with E-state index in [1.165, 1.54) is 31.3 Å². The van der Waals surface area contributed by atoms with Gasteiger partial charge in [-0.15, -0.1) is 0 Å². The minimum atomic E-state index is -3.83. The van der Waals surface area contributed by atoms with Gasteiger partial charge in [0, 0.05) is 29.1 Å². The van der Waals surface area contributed by atoms with Crippen molar-refractivity contribution < 1.29 is 18.0 Å². The van der Waals surface area contributed by atoms with Gasteiger partial charge in [0.2, 0.25) is 15.9 Å². The number of para-hydroxylation sites is 1. The van der Waals surface area contributed by atoms with Crippen LogP contribution in [0.5, 0.6) is 0 Å². The number of urea groups is 1. The number of halogens is 1. The molecular weight excluding hydrogens is 452 g/mol. The van der Waals surface area contributed by atoms with Gasteiger partial charge in [-0.05, 0) is 60.7 Å². The average molecular weight is 473 g/mol. The first-order chi connectivity index (χ1) is 15.2. The standard InChI is InChI=1S/C22H21ClN4O4S/c1-27(32(30,31)20-13-7-16(23)8-14-20)15-21(28)24-18-9-11-19(12-10-18)26-22(29)25-17-5-3-2-4-6-17/h2-14H,15H2,1H3,(H,24,28)(H2,25,26,29). The maximum atomic E-state index is 12.6. The van der Waals surface area contributed by atoms with Crippen molar-refractivity contribution >= 4 is 50.6 Å². The molecule has 0 unspecified atom stereocenters. The van der Waals surface area contributed by atoms with Crippen molar-refractivity contribution in [1.29, 1.82) is 0 Å². The Labute approximate surface area is 191 Å². The first kappa shape index (κ1) is 23.3. The van der Waals surface area contributed by atoms with Gasteiger partial charge in [-0.1, -0.05) is 29.8 Å². The number of amides is 3. The fraction of sp³-hybridized carbons (Fsp3) is 0.0909. The molecule has 0 atom stereocenters. The molecule has 166 valence electrons. The maximum Gasteiger partial charge on any atom is 0.323 e. The molecule has 32 heavy (non-hydrogen) atoms. The Balaban J connectivity index is 1.54. The van der Waals surface area contributed by atoms with Crippen LogP contribution in [0.4, 0.5) is 21.9 Å². The zero-order valence-electron chi connectivity index (χ0n) is 17.1. The fourth-order valence-electron chi connectivity index (χ4n) is 2.73. The van der Waals surface area contributed by atoms with Crippen LogP contribution < -0.4 is 16.0 Å². The van der Waals surface area contributed by atoms with Gasteiger partial charge in [0.1, 0.15) is 0 Å². The van der Waals surface area contributed by atoms with Crippen LogP contribution in [0.2, 0.25) is 5.02 Å². The first-order valence-electron chi connectivity index (χ1n) is 9.49. The summed E-state index contributed by atoms with van der Waals surface area (Å²) >= 11 is 5.79. The third-order valence-corrected chi connectivity index (χ3v) is 6.42. The normalized spacial score (nSPS) is 11.1. The molecule has 10 heteroatoms. The van der Waals surface area contributed by atoms with Gasteiger partial charge in [0.15, 0.2) is 0 Å². The van der Waals surface area contributed by atoms with Gasteiger partial charge in [0.05, 0.1) is 11.4 Å². The van der Waals surface area contributed by atoms with Crippen molar-refractivity contribution in [3.05, 3.63) is 83.9 Å². The van der Waals surface area contributed by atoms with Gasteiger partial charge >= 0.3 is 6.03 Å². The summed E-state index contributed by atoms with van der Waals surface area (Å²) in [7, 11) is -2.51. The number of rotatable bonds is 7. The van der Waals surface area contributed by atoms with Gasteiger partial charge in [0.25, 0.3) is 0 Å². The lowest BCUT2D eigenvalue weighted by atomic mass is 10.2. The van der Waals surface area contributed by atoms with Gasteiger partial charge in [-0.3, -0.25) is 4.79 Å². The van der Waals surface area contributed by atoms with Crippen LogP contribution in [0.25, 0.3) is 0 Å². The molecule has 3 rings (SSSR count). The Morgan fingerprint density at radius 2 is 1.28 bits per heavy atom.